The summed E-state index contributed by atoms with van der Waals surface area (Å²) in [5.74, 6) is 1.96. The molecule has 0 N–H and O–H groups in total. The molecule has 2 aromatic rings. The minimum Gasteiger partial charge on any atom is -0.491 e. The van der Waals surface area contributed by atoms with E-state index < -0.39 is 0 Å². The fraction of sp³-hybridized carbons (Fsp3) is 0.500. The van der Waals surface area contributed by atoms with E-state index >= 15 is 0 Å². The molecule has 4 rings (SSSR count). The lowest BCUT2D eigenvalue weighted by molar-refractivity contribution is -0.134. The van der Waals surface area contributed by atoms with Crippen molar-refractivity contribution >= 4 is 11.7 Å². The van der Waals surface area contributed by atoms with Crippen molar-refractivity contribution in [2.24, 2.45) is 0 Å². The number of pyridine rings is 1. The molecule has 1 saturated heterocycles. The Hall–Kier alpha value is -3.11. The van der Waals surface area contributed by atoms with Crippen LogP contribution in [0.3, 0.4) is 0 Å². The van der Waals surface area contributed by atoms with Crippen LogP contribution in [0.1, 0.15) is 48.9 Å². The number of benzene rings is 1. The van der Waals surface area contributed by atoms with Gasteiger partial charge in [-0.15, -0.1) is 0 Å². The van der Waals surface area contributed by atoms with Crippen molar-refractivity contribution in [3.05, 3.63) is 53.2 Å². The van der Waals surface area contributed by atoms with Gasteiger partial charge in [0.05, 0.1) is 30.9 Å². The lowest BCUT2D eigenvalue weighted by Gasteiger charge is -2.40. The standard InChI is InChI=1S/C26H32N4O3/c1-19-18-29(12-13-30(19)24(31)11-14-32-2)26-22(17-27)16-23(25(28-26)21-8-9-21)33-15-10-20-6-4-3-5-7-20/h3-7,16,19,21H,8-15,18H2,1-2H3. The molecule has 1 aliphatic heterocycles. The average Bonchev–Trinajstić information content (AvgIpc) is 3.68. The number of nitriles is 1. The van der Waals surface area contributed by atoms with Gasteiger partial charge in [0.1, 0.15) is 17.6 Å². The Bertz CT molecular complexity index is 1000. The van der Waals surface area contributed by atoms with E-state index in [9.17, 15) is 10.1 Å². The van der Waals surface area contributed by atoms with Gasteiger partial charge in [-0.05, 0) is 25.3 Å². The van der Waals surface area contributed by atoms with Crippen LogP contribution in [0.2, 0.25) is 0 Å². The second kappa shape index (κ2) is 10.7. The van der Waals surface area contributed by atoms with E-state index in [4.69, 9.17) is 14.5 Å². The van der Waals surface area contributed by atoms with Gasteiger partial charge in [0, 0.05) is 51.2 Å². The zero-order valence-corrected chi connectivity index (χ0v) is 19.5. The molecule has 2 heterocycles. The monoisotopic (exact) mass is 448 g/mol. The summed E-state index contributed by atoms with van der Waals surface area (Å²) < 4.78 is 11.2. The maximum atomic E-state index is 12.5. The predicted octanol–water partition coefficient (Wildman–Crippen LogP) is 3.53. The first kappa shape index (κ1) is 23.1. The normalized spacial score (nSPS) is 18.2. The molecule has 1 atom stereocenters. The lowest BCUT2D eigenvalue weighted by atomic mass is 10.1. The van der Waals surface area contributed by atoms with Gasteiger partial charge < -0.3 is 19.3 Å². The van der Waals surface area contributed by atoms with Gasteiger partial charge in [-0.2, -0.15) is 5.26 Å². The molecule has 0 spiro atoms. The number of hydrogen-bond donors (Lipinski definition) is 0. The molecule has 174 valence electrons. The van der Waals surface area contributed by atoms with Crippen LogP contribution in [0.5, 0.6) is 5.75 Å². The largest absolute Gasteiger partial charge is 0.491 e. The first-order valence-electron chi connectivity index (χ1n) is 11.8. The Morgan fingerprint density at radius 1 is 1.21 bits per heavy atom. The fourth-order valence-electron chi connectivity index (χ4n) is 4.36. The Labute approximate surface area is 195 Å². The zero-order valence-electron chi connectivity index (χ0n) is 19.5. The summed E-state index contributed by atoms with van der Waals surface area (Å²) in [7, 11) is 1.61. The number of anilines is 1. The molecule has 1 aromatic heterocycles. The second-order valence-corrected chi connectivity index (χ2v) is 8.84. The van der Waals surface area contributed by atoms with Gasteiger partial charge in [-0.25, -0.2) is 4.98 Å². The van der Waals surface area contributed by atoms with Crippen LogP contribution < -0.4 is 9.64 Å². The van der Waals surface area contributed by atoms with Gasteiger partial charge in [-0.3, -0.25) is 4.79 Å². The summed E-state index contributed by atoms with van der Waals surface area (Å²) in [5, 5.41) is 9.87. The average molecular weight is 449 g/mol. The van der Waals surface area contributed by atoms with E-state index in [0.29, 0.717) is 56.6 Å². The van der Waals surface area contributed by atoms with E-state index in [0.717, 1.165) is 30.7 Å². The fourth-order valence-corrected chi connectivity index (χ4v) is 4.36. The molecule has 2 fully saturated rings. The summed E-state index contributed by atoms with van der Waals surface area (Å²) >= 11 is 0. The van der Waals surface area contributed by atoms with Crippen molar-refractivity contribution < 1.29 is 14.3 Å². The van der Waals surface area contributed by atoms with Crippen molar-refractivity contribution in [2.75, 3.05) is 44.9 Å². The minimum atomic E-state index is 0.0441. The first-order valence-corrected chi connectivity index (χ1v) is 11.8. The van der Waals surface area contributed by atoms with Gasteiger partial charge in [-0.1, -0.05) is 30.3 Å². The highest BCUT2D eigenvalue weighted by Gasteiger charge is 2.33. The Morgan fingerprint density at radius 2 is 2.00 bits per heavy atom. The molecule has 0 radical (unpaired) electrons. The van der Waals surface area contributed by atoms with Crippen molar-refractivity contribution in [3.63, 3.8) is 0 Å². The molecule has 2 aliphatic rings. The minimum absolute atomic E-state index is 0.0441. The molecule has 0 bridgehead atoms. The topological polar surface area (TPSA) is 78.7 Å². The summed E-state index contributed by atoms with van der Waals surface area (Å²) in [5.41, 5.74) is 2.71. The lowest BCUT2D eigenvalue weighted by Crippen LogP contribution is -2.54. The zero-order chi connectivity index (χ0) is 23.2. The molecule has 1 saturated carbocycles. The summed E-state index contributed by atoms with van der Waals surface area (Å²) in [6.45, 7) is 4.95. The Morgan fingerprint density at radius 3 is 2.67 bits per heavy atom. The SMILES string of the molecule is COCCC(=O)N1CCN(c2nc(C3CC3)c(OCCc3ccccc3)cc2C#N)CC1C. The molecule has 1 unspecified atom stereocenters. The highest BCUT2D eigenvalue weighted by molar-refractivity contribution is 5.77. The van der Waals surface area contributed by atoms with Crippen LogP contribution in [0.25, 0.3) is 0 Å². The smallest absolute Gasteiger partial charge is 0.225 e. The number of carbonyl (C=O) groups is 1. The highest BCUT2D eigenvalue weighted by atomic mass is 16.5. The highest BCUT2D eigenvalue weighted by Crippen LogP contribution is 2.44. The number of hydrogen-bond acceptors (Lipinski definition) is 6. The van der Waals surface area contributed by atoms with E-state index in [1.807, 2.05) is 36.1 Å². The molecule has 7 nitrogen and oxygen atoms in total. The van der Waals surface area contributed by atoms with Crippen molar-refractivity contribution in [2.45, 2.75) is 44.6 Å². The van der Waals surface area contributed by atoms with Crippen LogP contribution in [-0.2, 0) is 16.0 Å². The number of aromatic nitrogens is 1. The maximum Gasteiger partial charge on any atom is 0.225 e. The van der Waals surface area contributed by atoms with E-state index in [2.05, 4.69) is 23.1 Å². The van der Waals surface area contributed by atoms with Crippen LogP contribution in [0, 0.1) is 11.3 Å². The van der Waals surface area contributed by atoms with Crippen molar-refractivity contribution in [1.29, 1.82) is 5.26 Å². The summed E-state index contributed by atoms with van der Waals surface area (Å²) in [4.78, 5) is 21.5. The number of methoxy groups -OCH3 is 1. The van der Waals surface area contributed by atoms with Crippen molar-refractivity contribution in [1.82, 2.24) is 9.88 Å². The number of nitrogens with zero attached hydrogens (tertiary/aromatic N) is 4. The number of piperazine rings is 1. The van der Waals surface area contributed by atoms with Crippen LogP contribution in [0.4, 0.5) is 5.82 Å². The van der Waals surface area contributed by atoms with Crippen LogP contribution in [-0.4, -0.2) is 61.8 Å². The molecular formula is C26H32N4O3. The second-order valence-electron chi connectivity index (χ2n) is 8.84. The van der Waals surface area contributed by atoms with Gasteiger partial charge in [0.15, 0.2) is 0 Å². The van der Waals surface area contributed by atoms with Gasteiger partial charge in [0.2, 0.25) is 5.91 Å². The molecule has 7 heteroatoms. The quantitative estimate of drug-likeness (QED) is 0.584. The number of rotatable bonds is 9. The molecule has 33 heavy (non-hydrogen) atoms. The molecule has 1 aliphatic carbocycles. The number of amides is 1. The third-order valence-corrected chi connectivity index (χ3v) is 6.34. The third kappa shape index (κ3) is 5.63. The van der Waals surface area contributed by atoms with Gasteiger partial charge in [0.25, 0.3) is 0 Å². The van der Waals surface area contributed by atoms with E-state index in [1.165, 1.54) is 5.56 Å². The summed E-state index contributed by atoms with van der Waals surface area (Å²) in [6.07, 6.45) is 3.41. The molecule has 1 amide bonds. The Balaban J connectivity index is 1.48. The molecular weight excluding hydrogens is 416 g/mol. The maximum absolute atomic E-state index is 12.5. The van der Waals surface area contributed by atoms with E-state index in [1.54, 1.807) is 7.11 Å². The van der Waals surface area contributed by atoms with Gasteiger partial charge >= 0.3 is 0 Å². The van der Waals surface area contributed by atoms with Crippen LogP contribution in [0.15, 0.2) is 36.4 Å². The van der Waals surface area contributed by atoms with E-state index in [-0.39, 0.29) is 11.9 Å². The number of ether oxygens (including phenoxy) is 2. The Kier molecular flexibility index (Phi) is 7.46. The van der Waals surface area contributed by atoms with Crippen LogP contribution >= 0.6 is 0 Å². The predicted molar refractivity (Wildman–Crippen MR) is 126 cm³/mol. The summed E-state index contributed by atoms with van der Waals surface area (Å²) in [6, 6.07) is 14.5. The third-order valence-electron chi connectivity index (χ3n) is 6.34. The first-order chi connectivity index (χ1) is 16.1. The molecule has 1 aromatic carbocycles. The van der Waals surface area contributed by atoms with Crippen molar-refractivity contribution in [3.8, 4) is 11.8 Å². The number of carbonyl (C=O) groups excluding carboxylic acids is 1.